The molecule has 0 aliphatic heterocycles. The molecule has 0 unspecified atom stereocenters. The van der Waals surface area contributed by atoms with Crippen molar-refractivity contribution in [2.24, 2.45) is 0 Å². The van der Waals surface area contributed by atoms with Gasteiger partial charge >= 0.3 is 6.09 Å². The molecule has 2 amide bonds. The van der Waals surface area contributed by atoms with E-state index in [4.69, 9.17) is 4.74 Å². The van der Waals surface area contributed by atoms with Crippen LogP contribution in [-0.4, -0.2) is 47.8 Å². The van der Waals surface area contributed by atoms with Crippen LogP contribution in [0, 0.1) is 0 Å². The monoisotopic (exact) mass is 544 g/mol. The lowest BCUT2D eigenvalue weighted by Crippen LogP contribution is -2.32. The highest BCUT2D eigenvalue weighted by atomic mass is 16.6. The van der Waals surface area contributed by atoms with Gasteiger partial charge in [-0.2, -0.15) is 5.10 Å². The number of carbonyl (C=O) groups excluding carboxylic acids is 2. The smallest absolute Gasteiger partial charge is 0.407 e. The molecule has 0 radical (unpaired) electrons. The molecule has 0 atom stereocenters. The molecule has 0 bridgehead atoms. The number of hydrogen-bond donors (Lipinski definition) is 3. The minimum atomic E-state index is -0.550. The molecule has 1 aromatic carbocycles. The predicted octanol–water partition coefficient (Wildman–Crippen LogP) is 4.40. The molecule has 0 saturated heterocycles. The molecule has 5 rings (SSSR count). The van der Waals surface area contributed by atoms with Crippen LogP contribution >= 0.6 is 0 Å². The van der Waals surface area contributed by atoms with E-state index < -0.39 is 11.7 Å². The number of H-pyrrole nitrogens is 1. The number of alkyl carbamates (subject to hydrolysis) is 1. The normalized spacial score (nSPS) is 13.4. The molecule has 4 aromatic rings. The molecule has 1 fully saturated rings. The number of ether oxygens (including phenoxy) is 1. The predicted molar refractivity (Wildman–Crippen MR) is 150 cm³/mol. The van der Waals surface area contributed by atoms with Crippen molar-refractivity contribution in [2.45, 2.75) is 84.0 Å². The lowest BCUT2D eigenvalue weighted by Gasteiger charge is -2.19. The van der Waals surface area contributed by atoms with Gasteiger partial charge in [-0.05, 0) is 82.1 Å². The summed E-state index contributed by atoms with van der Waals surface area (Å²) in [7, 11) is 0. The second-order valence-electron chi connectivity index (χ2n) is 11.3. The van der Waals surface area contributed by atoms with Gasteiger partial charge in [0.1, 0.15) is 5.60 Å². The standard InChI is InChI=1S/C29H36N8O3/c1-29(2,3)40-28(39)31-17-20-8-6-7-19(13-20)16-30-27(38)25-18-37(36-34-25)12-5-4-9-23-14-22-15-24(21-10-11-21)32-26(22)35-33-23/h6-8,13-15,18,21H,4-5,9-12,16-17H2,1-3H3,(H,30,38)(H,31,39)(H,32,35). The van der Waals surface area contributed by atoms with Gasteiger partial charge in [0, 0.05) is 30.7 Å². The van der Waals surface area contributed by atoms with E-state index in [9.17, 15) is 9.59 Å². The first kappa shape index (κ1) is 27.3. The Labute approximate surface area is 233 Å². The molecule has 11 heteroatoms. The lowest BCUT2D eigenvalue weighted by atomic mass is 10.1. The van der Waals surface area contributed by atoms with E-state index in [-0.39, 0.29) is 11.6 Å². The van der Waals surface area contributed by atoms with Crippen LogP contribution in [0.15, 0.2) is 42.6 Å². The van der Waals surface area contributed by atoms with Crippen molar-refractivity contribution in [1.29, 1.82) is 0 Å². The minimum absolute atomic E-state index is 0.276. The molecule has 11 nitrogen and oxygen atoms in total. The van der Waals surface area contributed by atoms with Crippen molar-refractivity contribution < 1.29 is 14.3 Å². The highest BCUT2D eigenvalue weighted by Crippen LogP contribution is 2.40. The number of nitrogens with one attached hydrogen (secondary N) is 3. The fraction of sp³-hybridized carbons (Fsp3) is 0.448. The summed E-state index contributed by atoms with van der Waals surface area (Å²) < 4.78 is 6.96. The summed E-state index contributed by atoms with van der Waals surface area (Å²) in [6.07, 6.45) is 6.36. The zero-order valence-corrected chi connectivity index (χ0v) is 23.2. The number of aromatic nitrogens is 6. The molecule has 210 valence electrons. The van der Waals surface area contributed by atoms with E-state index in [1.807, 2.05) is 45.0 Å². The molecule has 1 aliphatic carbocycles. The van der Waals surface area contributed by atoms with Crippen LogP contribution in [0.4, 0.5) is 4.79 Å². The van der Waals surface area contributed by atoms with Crippen molar-refractivity contribution in [3.05, 3.63) is 70.8 Å². The molecule has 1 saturated carbocycles. The summed E-state index contributed by atoms with van der Waals surface area (Å²) in [6.45, 7) is 6.79. The first-order valence-electron chi connectivity index (χ1n) is 13.8. The number of hydrogen-bond acceptors (Lipinski definition) is 7. The number of aromatic amines is 1. The summed E-state index contributed by atoms with van der Waals surface area (Å²) in [5, 5.41) is 23.6. The van der Waals surface area contributed by atoms with Gasteiger partial charge in [-0.15, -0.1) is 10.2 Å². The van der Waals surface area contributed by atoms with E-state index in [0.29, 0.717) is 25.6 Å². The average molecular weight is 545 g/mol. The van der Waals surface area contributed by atoms with Gasteiger partial charge in [-0.3, -0.25) is 9.48 Å². The fourth-order valence-electron chi connectivity index (χ4n) is 4.44. The van der Waals surface area contributed by atoms with Gasteiger partial charge in [0.2, 0.25) is 0 Å². The maximum absolute atomic E-state index is 12.6. The van der Waals surface area contributed by atoms with E-state index in [0.717, 1.165) is 47.1 Å². The van der Waals surface area contributed by atoms with Crippen LogP contribution in [-0.2, 0) is 30.8 Å². The van der Waals surface area contributed by atoms with Gasteiger partial charge in [-0.25, -0.2) is 4.79 Å². The Bertz CT molecular complexity index is 1480. The summed E-state index contributed by atoms with van der Waals surface area (Å²) >= 11 is 0. The molecular weight excluding hydrogens is 508 g/mol. The topological polar surface area (TPSA) is 140 Å². The molecule has 0 spiro atoms. The van der Waals surface area contributed by atoms with Gasteiger partial charge in [0.25, 0.3) is 5.91 Å². The number of unbranched alkanes of at least 4 members (excludes halogenated alkanes) is 1. The van der Waals surface area contributed by atoms with E-state index in [1.165, 1.54) is 18.5 Å². The van der Waals surface area contributed by atoms with Crippen LogP contribution in [0.5, 0.6) is 0 Å². The van der Waals surface area contributed by atoms with Crippen molar-refractivity contribution >= 4 is 23.0 Å². The van der Waals surface area contributed by atoms with Crippen molar-refractivity contribution in [2.75, 3.05) is 0 Å². The quantitative estimate of drug-likeness (QED) is 0.238. The minimum Gasteiger partial charge on any atom is -0.444 e. The third-order valence-corrected chi connectivity index (χ3v) is 6.59. The number of benzene rings is 1. The van der Waals surface area contributed by atoms with E-state index >= 15 is 0 Å². The summed E-state index contributed by atoms with van der Waals surface area (Å²) in [5.74, 6) is 0.377. The molecule has 3 N–H and O–H groups in total. The van der Waals surface area contributed by atoms with Gasteiger partial charge in [0.05, 0.1) is 11.9 Å². The SMILES string of the molecule is CC(C)(C)OC(=O)NCc1cccc(CNC(=O)c2cn(CCCCc3cc4cc(C5CC5)[nH]c4nn3)nn2)c1. The van der Waals surface area contributed by atoms with E-state index in [1.54, 1.807) is 10.9 Å². The number of carbonyl (C=O) groups is 2. The zero-order chi connectivity index (χ0) is 28.1. The third kappa shape index (κ3) is 7.64. The number of rotatable bonds is 11. The molecular formula is C29H36N8O3. The highest BCUT2D eigenvalue weighted by molar-refractivity contribution is 5.91. The largest absolute Gasteiger partial charge is 0.444 e. The summed E-state index contributed by atoms with van der Waals surface area (Å²) in [4.78, 5) is 27.9. The molecule has 1 aliphatic rings. The summed E-state index contributed by atoms with van der Waals surface area (Å²) in [5.41, 5.74) is 4.66. The van der Waals surface area contributed by atoms with Crippen LogP contribution in [0.25, 0.3) is 11.0 Å². The Morgan fingerprint density at radius 1 is 1.02 bits per heavy atom. The van der Waals surface area contributed by atoms with Crippen molar-refractivity contribution in [1.82, 2.24) is 40.8 Å². The number of fused-ring (bicyclic) bond motifs is 1. The van der Waals surface area contributed by atoms with Crippen LogP contribution in [0.2, 0.25) is 0 Å². The Kier molecular flexibility index (Phi) is 8.09. The Morgan fingerprint density at radius 3 is 2.55 bits per heavy atom. The number of aryl methyl sites for hydroxylation is 2. The summed E-state index contributed by atoms with van der Waals surface area (Å²) in [6, 6.07) is 12.0. The van der Waals surface area contributed by atoms with Crippen LogP contribution in [0.3, 0.4) is 0 Å². The maximum Gasteiger partial charge on any atom is 0.407 e. The van der Waals surface area contributed by atoms with Crippen molar-refractivity contribution in [3.63, 3.8) is 0 Å². The van der Waals surface area contributed by atoms with Gasteiger partial charge < -0.3 is 20.4 Å². The zero-order valence-electron chi connectivity index (χ0n) is 23.2. The second kappa shape index (κ2) is 11.8. The van der Waals surface area contributed by atoms with Crippen LogP contribution < -0.4 is 10.6 Å². The van der Waals surface area contributed by atoms with E-state index in [2.05, 4.69) is 48.3 Å². The first-order chi connectivity index (χ1) is 19.2. The molecule has 40 heavy (non-hydrogen) atoms. The van der Waals surface area contributed by atoms with Gasteiger partial charge in [0.15, 0.2) is 11.3 Å². The van der Waals surface area contributed by atoms with Crippen molar-refractivity contribution in [3.8, 4) is 0 Å². The Balaban J connectivity index is 1.03. The Hall–Kier alpha value is -4.28. The first-order valence-corrected chi connectivity index (χ1v) is 13.8. The number of amides is 2. The lowest BCUT2D eigenvalue weighted by molar-refractivity contribution is 0.0523. The average Bonchev–Trinajstić information content (AvgIpc) is 3.51. The highest BCUT2D eigenvalue weighted by Gasteiger charge is 2.25. The number of nitrogens with zero attached hydrogens (tertiary/aromatic N) is 5. The Morgan fingerprint density at radius 2 is 1.80 bits per heavy atom. The fourth-order valence-corrected chi connectivity index (χ4v) is 4.44. The van der Waals surface area contributed by atoms with Crippen LogP contribution in [0.1, 0.15) is 85.4 Å². The maximum atomic E-state index is 12.6. The third-order valence-electron chi connectivity index (χ3n) is 6.59. The second-order valence-corrected chi connectivity index (χ2v) is 11.3. The molecule has 3 aromatic heterocycles. The molecule has 3 heterocycles. The van der Waals surface area contributed by atoms with Gasteiger partial charge in [-0.1, -0.05) is 29.5 Å².